The molecule has 128 valence electrons. The van der Waals surface area contributed by atoms with E-state index in [1.807, 2.05) is 54.6 Å². The monoisotopic (exact) mass is 361 g/mol. The standard InChI is InChI=1S/C21H15NO3S/c23-21-16-8-2-4-10-19(16)24-13-17(21)15-7-1-3-9-18(15)25-14-26-20-11-5-6-12-22-20/h1-13H,14H2. The number of benzene rings is 2. The molecule has 4 nitrogen and oxygen atoms in total. The summed E-state index contributed by atoms with van der Waals surface area (Å²) in [6.45, 7) is 0. The van der Waals surface area contributed by atoms with Crippen LogP contribution in [0.15, 0.2) is 93.4 Å². The predicted molar refractivity (Wildman–Crippen MR) is 104 cm³/mol. The Morgan fingerprint density at radius 1 is 0.923 bits per heavy atom. The van der Waals surface area contributed by atoms with Crippen molar-refractivity contribution in [3.8, 4) is 16.9 Å². The summed E-state index contributed by atoms with van der Waals surface area (Å²) in [7, 11) is 0. The van der Waals surface area contributed by atoms with Gasteiger partial charge in [0.05, 0.1) is 16.0 Å². The summed E-state index contributed by atoms with van der Waals surface area (Å²) < 4.78 is 11.5. The molecule has 0 aliphatic carbocycles. The third kappa shape index (κ3) is 3.34. The van der Waals surface area contributed by atoms with Crippen LogP contribution in [0, 0.1) is 0 Å². The van der Waals surface area contributed by atoms with Gasteiger partial charge in [-0.25, -0.2) is 4.98 Å². The van der Waals surface area contributed by atoms with Crippen LogP contribution in [-0.2, 0) is 0 Å². The summed E-state index contributed by atoms with van der Waals surface area (Å²) >= 11 is 1.49. The Morgan fingerprint density at radius 2 is 1.73 bits per heavy atom. The zero-order valence-corrected chi connectivity index (χ0v) is 14.6. The minimum absolute atomic E-state index is 0.0692. The normalized spacial score (nSPS) is 10.8. The molecular formula is C21H15NO3S. The van der Waals surface area contributed by atoms with E-state index < -0.39 is 0 Å². The number of hydrogen-bond donors (Lipinski definition) is 0. The summed E-state index contributed by atoms with van der Waals surface area (Å²) in [5.74, 6) is 1.03. The van der Waals surface area contributed by atoms with Crippen LogP contribution in [-0.4, -0.2) is 10.9 Å². The number of hydrogen-bond acceptors (Lipinski definition) is 5. The maximum Gasteiger partial charge on any atom is 0.200 e. The molecule has 4 rings (SSSR count). The lowest BCUT2D eigenvalue weighted by atomic mass is 10.0. The lowest BCUT2D eigenvalue weighted by Gasteiger charge is -2.11. The summed E-state index contributed by atoms with van der Waals surface area (Å²) in [5.41, 5.74) is 1.71. The number of nitrogens with zero attached hydrogens (tertiary/aromatic N) is 1. The van der Waals surface area contributed by atoms with Crippen molar-refractivity contribution >= 4 is 22.7 Å². The van der Waals surface area contributed by atoms with Gasteiger partial charge < -0.3 is 9.15 Å². The largest absolute Gasteiger partial charge is 0.482 e. The SMILES string of the molecule is O=c1c(-c2ccccc2OCSc2ccccn2)coc2ccccc12. The highest BCUT2D eigenvalue weighted by Gasteiger charge is 2.13. The molecule has 0 atom stereocenters. The number of thioether (sulfide) groups is 1. The fraction of sp³-hybridized carbons (Fsp3) is 0.0476. The molecule has 26 heavy (non-hydrogen) atoms. The molecule has 0 spiro atoms. The van der Waals surface area contributed by atoms with Crippen molar-refractivity contribution in [2.75, 3.05) is 5.94 Å². The van der Waals surface area contributed by atoms with Crippen LogP contribution in [0.3, 0.4) is 0 Å². The second kappa shape index (κ2) is 7.45. The van der Waals surface area contributed by atoms with Crippen LogP contribution in [0.5, 0.6) is 5.75 Å². The first-order chi connectivity index (χ1) is 12.8. The third-order valence-electron chi connectivity index (χ3n) is 3.92. The molecule has 4 aromatic rings. The van der Waals surface area contributed by atoms with Gasteiger partial charge in [0, 0.05) is 11.8 Å². The van der Waals surface area contributed by atoms with E-state index in [2.05, 4.69) is 4.98 Å². The highest BCUT2D eigenvalue weighted by Crippen LogP contribution is 2.30. The molecule has 0 N–H and O–H groups in total. The summed E-state index contributed by atoms with van der Waals surface area (Å²) in [5, 5.41) is 1.44. The molecule has 0 amide bonds. The Morgan fingerprint density at radius 3 is 2.62 bits per heavy atom. The van der Waals surface area contributed by atoms with Gasteiger partial charge in [-0.2, -0.15) is 0 Å². The van der Waals surface area contributed by atoms with Gasteiger partial charge in [-0.1, -0.05) is 48.2 Å². The Labute approximate surface area is 154 Å². The van der Waals surface area contributed by atoms with Crippen molar-refractivity contribution in [1.29, 1.82) is 0 Å². The average molecular weight is 361 g/mol. The molecule has 0 fully saturated rings. The second-order valence-corrected chi connectivity index (χ2v) is 6.49. The van der Waals surface area contributed by atoms with Gasteiger partial charge in [0.1, 0.15) is 23.5 Å². The van der Waals surface area contributed by atoms with E-state index in [0.29, 0.717) is 33.8 Å². The highest BCUT2D eigenvalue weighted by atomic mass is 32.2. The van der Waals surface area contributed by atoms with Gasteiger partial charge in [0.2, 0.25) is 5.43 Å². The number of fused-ring (bicyclic) bond motifs is 1. The smallest absolute Gasteiger partial charge is 0.200 e. The quantitative estimate of drug-likeness (QED) is 0.370. The third-order valence-corrected chi connectivity index (χ3v) is 4.69. The molecule has 0 radical (unpaired) electrons. The molecule has 0 unspecified atom stereocenters. The number of para-hydroxylation sites is 2. The van der Waals surface area contributed by atoms with E-state index in [-0.39, 0.29) is 5.43 Å². The van der Waals surface area contributed by atoms with E-state index in [0.717, 1.165) is 5.03 Å². The van der Waals surface area contributed by atoms with E-state index in [1.165, 1.54) is 18.0 Å². The summed E-state index contributed by atoms with van der Waals surface area (Å²) in [6.07, 6.45) is 3.25. The van der Waals surface area contributed by atoms with Crippen LogP contribution in [0.2, 0.25) is 0 Å². The minimum Gasteiger partial charge on any atom is -0.482 e. The molecule has 0 aliphatic heterocycles. The highest BCUT2D eigenvalue weighted by molar-refractivity contribution is 7.99. The number of rotatable bonds is 5. The van der Waals surface area contributed by atoms with Crippen LogP contribution in [0.25, 0.3) is 22.1 Å². The van der Waals surface area contributed by atoms with Crippen LogP contribution in [0.1, 0.15) is 0 Å². The van der Waals surface area contributed by atoms with Crippen molar-refractivity contribution in [3.05, 3.63) is 89.4 Å². The lowest BCUT2D eigenvalue weighted by Crippen LogP contribution is -2.06. The molecular weight excluding hydrogens is 346 g/mol. The minimum atomic E-state index is -0.0692. The molecule has 2 heterocycles. The summed E-state index contributed by atoms with van der Waals surface area (Å²) in [4.78, 5) is 17.1. The lowest BCUT2D eigenvalue weighted by molar-refractivity contribution is 0.394. The fourth-order valence-corrected chi connectivity index (χ4v) is 3.28. The molecule has 0 saturated carbocycles. The molecule has 5 heteroatoms. The van der Waals surface area contributed by atoms with Gasteiger partial charge in [0.15, 0.2) is 0 Å². The zero-order chi connectivity index (χ0) is 17.8. The fourth-order valence-electron chi connectivity index (χ4n) is 2.66. The van der Waals surface area contributed by atoms with Crippen molar-refractivity contribution in [3.63, 3.8) is 0 Å². The molecule has 0 bridgehead atoms. The first-order valence-corrected chi connectivity index (χ1v) is 9.08. The van der Waals surface area contributed by atoms with Crippen LogP contribution >= 0.6 is 11.8 Å². The second-order valence-electron chi connectivity index (χ2n) is 5.55. The molecule has 2 aromatic heterocycles. The number of pyridine rings is 1. The zero-order valence-electron chi connectivity index (χ0n) is 13.8. The van der Waals surface area contributed by atoms with Crippen molar-refractivity contribution in [2.24, 2.45) is 0 Å². The van der Waals surface area contributed by atoms with Gasteiger partial charge in [-0.3, -0.25) is 4.79 Å². The van der Waals surface area contributed by atoms with Crippen molar-refractivity contribution in [2.45, 2.75) is 5.03 Å². The van der Waals surface area contributed by atoms with E-state index >= 15 is 0 Å². The van der Waals surface area contributed by atoms with E-state index in [9.17, 15) is 4.79 Å². The Balaban J connectivity index is 1.64. The topological polar surface area (TPSA) is 52.3 Å². The van der Waals surface area contributed by atoms with Gasteiger partial charge in [-0.15, -0.1) is 0 Å². The van der Waals surface area contributed by atoms with Gasteiger partial charge in [-0.05, 0) is 30.3 Å². The molecule has 0 aliphatic rings. The Bertz CT molecular complexity index is 1090. The Kier molecular flexibility index (Phi) is 4.71. The first-order valence-electron chi connectivity index (χ1n) is 8.09. The van der Waals surface area contributed by atoms with Gasteiger partial charge in [0.25, 0.3) is 0 Å². The number of ether oxygens (including phenoxy) is 1. The number of aromatic nitrogens is 1. The first kappa shape index (κ1) is 16.4. The maximum atomic E-state index is 12.8. The molecule has 0 saturated heterocycles. The van der Waals surface area contributed by atoms with Crippen molar-refractivity contribution in [1.82, 2.24) is 4.98 Å². The average Bonchev–Trinajstić information content (AvgIpc) is 2.70. The predicted octanol–water partition coefficient (Wildman–Crippen LogP) is 4.98. The van der Waals surface area contributed by atoms with Crippen molar-refractivity contribution < 1.29 is 9.15 Å². The van der Waals surface area contributed by atoms with E-state index in [1.54, 1.807) is 18.3 Å². The Hall–Kier alpha value is -3.05. The van der Waals surface area contributed by atoms with Crippen LogP contribution < -0.4 is 10.2 Å². The maximum absolute atomic E-state index is 12.8. The molecule has 2 aromatic carbocycles. The summed E-state index contributed by atoms with van der Waals surface area (Å²) in [6, 6.07) is 20.4. The van der Waals surface area contributed by atoms with Gasteiger partial charge >= 0.3 is 0 Å². The van der Waals surface area contributed by atoms with E-state index in [4.69, 9.17) is 9.15 Å². The van der Waals surface area contributed by atoms with Crippen LogP contribution in [0.4, 0.5) is 0 Å².